The highest BCUT2D eigenvalue weighted by Gasteiger charge is 2.24. The molecule has 0 spiro atoms. The molecule has 0 radical (unpaired) electrons. The Morgan fingerprint density at radius 3 is 2.92 bits per heavy atom. The van der Waals surface area contributed by atoms with Gasteiger partial charge in [-0.1, -0.05) is 6.08 Å². The van der Waals surface area contributed by atoms with Crippen molar-refractivity contribution < 1.29 is 0 Å². The third-order valence-corrected chi connectivity index (χ3v) is 2.20. The van der Waals surface area contributed by atoms with Crippen LogP contribution in [0.3, 0.4) is 0 Å². The lowest BCUT2D eigenvalue weighted by Gasteiger charge is -2.17. The molecule has 0 saturated carbocycles. The van der Waals surface area contributed by atoms with Gasteiger partial charge in [0.25, 0.3) is 0 Å². The van der Waals surface area contributed by atoms with E-state index in [-0.39, 0.29) is 5.41 Å². The Hall–Kier alpha value is -1.38. The molecule has 0 amide bonds. The summed E-state index contributed by atoms with van der Waals surface area (Å²) in [5.74, 6) is 0.987. The van der Waals surface area contributed by atoms with E-state index < -0.39 is 0 Å². The van der Waals surface area contributed by atoms with Crippen molar-refractivity contribution in [3.05, 3.63) is 30.4 Å². The largest absolute Gasteiger partial charge is 0.239 e. The van der Waals surface area contributed by atoms with Crippen molar-refractivity contribution in [3.8, 4) is 0 Å². The van der Waals surface area contributed by atoms with Gasteiger partial charge in [0.15, 0.2) is 0 Å². The molecule has 3 heteroatoms. The van der Waals surface area contributed by atoms with Crippen LogP contribution in [-0.4, -0.2) is 15.4 Å². The van der Waals surface area contributed by atoms with Gasteiger partial charge in [0, 0.05) is 17.8 Å². The average Bonchev–Trinajstić information content (AvgIpc) is 2.46. The number of imidazole rings is 1. The van der Waals surface area contributed by atoms with Crippen molar-refractivity contribution in [1.29, 1.82) is 0 Å². The number of hydrogen-bond donors (Lipinski definition) is 0. The van der Waals surface area contributed by atoms with Crippen LogP contribution in [0.15, 0.2) is 29.6 Å². The summed E-state index contributed by atoms with van der Waals surface area (Å²) >= 11 is 0. The lowest BCUT2D eigenvalue weighted by molar-refractivity contribution is 0.583. The maximum Gasteiger partial charge on any atom is 0.139 e. The van der Waals surface area contributed by atoms with E-state index in [9.17, 15) is 0 Å². The Balaban J connectivity index is 2.63. The highest BCUT2D eigenvalue weighted by Crippen LogP contribution is 2.24. The second kappa shape index (κ2) is 2.55. The molecule has 1 aromatic rings. The molecule has 0 bridgehead atoms. The molecule has 0 aromatic carbocycles. The van der Waals surface area contributed by atoms with Gasteiger partial charge in [0.2, 0.25) is 0 Å². The zero-order chi connectivity index (χ0) is 9.47. The van der Waals surface area contributed by atoms with Crippen LogP contribution in [0.4, 0.5) is 0 Å². The van der Waals surface area contributed by atoms with Crippen LogP contribution in [0.5, 0.6) is 0 Å². The van der Waals surface area contributed by atoms with Crippen LogP contribution in [0.1, 0.15) is 26.6 Å². The molecular weight excluding hydrogens is 162 g/mol. The molecule has 68 valence electrons. The Bertz CT molecular complexity index is 383. The molecule has 2 rings (SSSR count). The molecule has 1 aliphatic rings. The van der Waals surface area contributed by atoms with Gasteiger partial charge in [-0.25, -0.2) is 9.66 Å². The second-order valence-electron chi connectivity index (χ2n) is 3.89. The molecule has 0 aliphatic carbocycles. The van der Waals surface area contributed by atoms with E-state index in [4.69, 9.17) is 0 Å². The first kappa shape index (κ1) is 8.23. The molecule has 0 unspecified atom stereocenters. The number of rotatable bonds is 0. The van der Waals surface area contributed by atoms with E-state index in [1.807, 2.05) is 23.9 Å². The van der Waals surface area contributed by atoms with Crippen LogP contribution in [0, 0.1) is 0 Å². The smallest absolute Gasteiger partial charge is 0.139 e. The number of fused-ring (bicyclic) bond motifs is 1. The third-order valence-electron chi connectivity index (χ3n) is 2.20. The number of allylic oxidation sites excluding steroid dienone is 2. The second-order valence-corrected chi connectivity index (χ2v) is 3.89. The number of nitrogens with zero attached hydrogens (tertiary/aromatic N) is 3. The molecule has 0 saturated heterocycles. The maximum absolute atomic E-state index is 4.38. The zero-order valence-corrected chi connectivity index (χ0v) is 8.15. The van der Waals surface area contributed by atoms with Gasteiger partial charge in [-0.2, -0.15) is 5.10 Å². The average molecular weight is 175 g/mol. The van der Waals surface area contributed by atoms with Crippen LogP contribution in [0.25, 0.3) is 0 Å². The van der Waals surface area contributed by atoms with Crippen LogP contribution in [-0.2, 0) is 5.41 Å². The van der Waals surface area contributed by atoms with Gasteiger partial charge < -0.3 is 0 Å². The van der Waals surface area contributed by atoms with Gasteiger partial charge in [-0.05, 0) is 26.8 Å². The van der Waals surface area contributed by atoms with Gasteiger partial charge in [-0.3, -0.25) is 0 Å². The van der Waals surface area contributed by atoms with Crippen LogP contribution in [0.2, 0.25) is 0 Å². The van der Waals surface area contributed by atoms with Crippen molar-refractivity contribution in [2.24, 2.45) is 5.10 Å². The van der Waals surface area contributed by atoms with E-state index in [1.165, 1.54) is 0 Å². The first-order valence-electron chi connectivity index (χ1n) is 4.38. The van der Waals surface area contributed by atoms with E-state index in [1.54, 1.807) is 6.20 Å². The summed E-state index contributed by atoms with van der Waals surface area (Å²) in [7, 11) is 0. The normalized spacial score (nSPS) is 19.2. The Labute approximate surface area is 77.8 Å². The molecule has 13 heavy (non-hydrogen) atoms. The van der Waals surface area contributed by atoms with Crippen LogP contribution < -0.4 is 0 Å². The van der Waals surface area contributed by atoms with Crippen molar-refractivity contribution in [1.82, 2.24) is 9.66 Å². The quantitative estimate of drug-likeness (QED) is 0.592. The molecule has 2 heterocycles. The monoisotopic (exact) mass is 175 g/mol. The van der Waals surface area contributed by atoms with E-state index >= 15 is 0 Å². The fraction of sp³-hybridized carbons (Fsp3) is 0.400. The minimum Gasteiger partial charge on any atom is -0.239 e. The van der Waals surface area contributed by atoms with Crippen molar-refractivity contribution in [2.75, 3.05) is 0 Å². The molecular formula is C10H13N3. The standard InChI is InChI=1S/C10H13N3/c1-8-4-5-10(2,3)9-11-6-7-13(9)12-8/h4-7H,1-3H3. The Morgan fingerprint density at radius 1 is 1.38 bits per heavy atom. The van der Waals surface area contributed by atoms with Crippen molar-refractivity contribution in [2.45, 2.75) is 26.2 Å². The van der Waals surface area contributed by atoms with E-state index in [0.717, 1.165) is 11.5 Å². The lowest BCUT2D eigenvalue weighted by atomic mass is 9.92. The molecule has 1 aliphatic heterocycles. The summed E-state index contributed by atoms with van der Waals surface area (Å²) in [6, 6.07) is 0. The third kappa shape index (κ3) is 1.30. The van der Waals surface area contributed by atoms with Gasteiger partial charge in [0.05, 0.1) is 5.71 Å². The fourth-order valence-electron chi connectivity index (χ4n) is 1.45. The maximum atomic E-state index is 4.38. The predicted molar refractivity (Wildman–Crippen MR) is 52.9 cm³/mol. The molecule has 1 aromatic heterocycles. The van der Waals surface area contributed by atoms with Crippen molar-refractivity contribution >= 4 is 5.71 Å². The molecule has 0 fully saturated rings. The summed E-state index contributed by atoms with van der Waals surface area (Å²) in [5, 5.41) is 4.38. The Morgan fingerprint density at radius 2 is 2.15 bits per heavy atom. The summed E-state index contributed by atoms with van der Waals surface area (Å²) in [6.07, 6.45) is 7.84. The highest BCUT2D eigenvalue weighted by molar-refractivity contribution is 5.93. The predicted octanol–water partition coefficient (Wildman–Crippen LogP) is 1.95. The van der Waals surface area contributed by atoms with Gasteiger partial charge in [0.1, 0.15) is 5.82 Å². The summed E-state index contributed by atoms with van der Waals surface area (Å²) in [6.45, 7) is 6.26. The number of hydrogen-bond acceptors (Lipinski definition) is 2. The van der Waals surface area contributed by atoms with E-state index in [0.29, 0.717) is 0 Å². The highest BCUT2D eigenvalue weighted by atomic mass is 15.4. The minimum absolute atomic E-state index is 0.0369. The SMILES string of the molecule is CC1=Nn2ccnc2C(C)(C)C=C1. The first-order valence-corrected chi connectivity index (χ1v) is 4.38. The van der Waals surface area contributed by atoms with Gasteiger partial charge >= 0.3 is 0 Å². The topological polar surface area (TPSA) is 30.2 Å². The van der Waals surface area contributed by atoms with Crippen LogP contribution >= 0.6 is 0 Å². The van der Waals surface area contributed by atoms with Crippen molar-refractivity contribution in [3.63, 3.8) is 0 Å². The molecule has 0 atom stereocenters. The summed E-state index contributed by atoms with van der Waals surface area (Å²) < 4.78 is 1.84. The lowest BCUT2D eigenvalue weighted by Crippen LogP contribution is -2.17. The first-order chi connectivity index (χ1) is 6.09. The minimum atomic E-state index is -0.0369. The fourth-order valence-corrected chi connectivity index (χ4v) is 1.45. The Kier molecular flexibility index (Phi) is 1.62. The molecule has 3 nitrogen and oxygen atoms in total. The number of aromatic nitrogens is 2. The molecule has 0 N–H and O–H groups in total. The zero-order valence-electron chi connectivity index (χ0n) is 8.15. The van der Waals surface area contributed by atoms with E-state index in [2.05, 4.69) is 30.0 Å². The summed E-state index contributed by atoms with van der Waals surface area (Å²) in [5.41, 5.74) is 0.968. The van der Waals surface area contributed by atoms with Gasteiger partial charge in [-0.15, -0.1) is 0 Å². The summed E-state index contributed by atoms with van der Waals surface area (Å²) in [4.78, 5) is 4.31.